The van der Waals surface area contributed by atoms with Gasteiger partial charge in [-0.3, -0.25) is 38.7 Å². The molecule has 0 bridgehead atoms. The lowest BCUT2D eigenvalue weighted by Crippen LogP contribution is -2.51. The van der Waals surface area contributed by atoms with Crippen LogP contribution in [0.3, 0.4) is 0 Å². The number of Topliss-reactive ketones (excluding diaryl/α,β-unsaturated/α-hetero) is 2. The van der Waals surface area contributed by atoms with Crippen LogP contribution in [0.4, 0.5) is 26.3 Å². The van der Waals surface area contributed by atoms with E-state index in [1.54, 1.807) is 24.8 Å². The van der Waals surface area contributed by atoms with Crippen LogP contribution < -0.4 is 5.56 Å². The number of nitrogens with zero attached hydrogens (tertiary/aromatic N) is 4. The van der Waals surface area contributed by atoms with E-state index in [-0.39, 0.29) is 83.3 Å². The first kappa shape index (κ1) is 67.3. The molecule has 1 unspecified atom stereocenters. The molecule has 5 aromatic rings. The lowest BCUT2D eigenvalue weighted by atomic mass is 9.85. The van der Waals surface area contributed by atoms with E-state index in [2.05, 4.69) is 9.97 Å². The molecule has 1 aliphatic heterocycles. The Morgan fingerprint density at radius 3 is 1.43 bits per heavy atom. The van der Waals surface area contributed by atoms with E-state index >= 15 is 0 Å². The number of rotatable bonds is 20. The molecule has 4 heterocycles. The molecule has 2 aromatic carbocycles. The fourth-order valence-corrected chi connectivity index (χ4v) is 10.2. The number of aromatic nitrogens is 3. The molecule has 6 rings (SSSR count). The highest BCUT2D eigenvalue weighted by molar-refractivity contribution is 5.90. The van der Waals surface area contributed by atoms with Crippen molar-refractivity contribution in [3.8, 4) is 22.3 Å². The highest BCUT2D eigenvalue weighted by Crippen LogP contribution is 2.38. The average Bonchev–Trinajstić information content (AvgIpc) is 3.36. The highest BCUT2D eigenvalue weighted by Gasteiger charge is 2.46. The summed E-state index contributed by atoms with van der Waals surface area (Å²) in [4.78, 5) is 87.7. The van der Waals surface area contributed by atoms with Crippen LogP contribution in [-0.4, -0.2) is 81.8 Å². The van der Waals surface area contributed by atoms with Gasteiger partial charge in [-0.1, -0.05) is 78.9 Å². The summed E-state index contributed by atoms with van der Waals surface area (Å²) in [7, 11) is 2.54. The number of carbonyl (C=O) groups excluding carboxylic acids is 5. The quantitative estimate of drug-likeness (QED) is 0.0543. The Balaban J connectivity index is 0.000000410. The van der Waals surface area contributed by atoms with E-state index in [0.717, 1.165) is 61.3 Å². The summed E-state index contributed by atoms with van der Waals surface area (Å²) in [5.74, 6) is -5.19. The smallest absolute Gasteiger partial charge is 0.416 e. The van der Waals surface area contributed by atoms with E-state index in [0.29, 0.717) is 23.6 Å². The molecule has 80 heavy (non-hydrogen) atoms. The Kier molecular flexibility index (Phi) is 24.8. The van der Waals surface area contributed by atoms with E-state index in [9.17, 15) is 55.1 Å². The van der Waals surface area contributed by atoms with Crippen LogP contribution in [0.2, 0.25) is 0 Å². The van der Waals surface area contributed by atoms with Crippen molar-refractivity contribution in [2.75, 3.05) is 20.8 Å². The predicted molar refractivity (Wildman–Crippen MR) is 298 cm³/mol. The Hall–Kier alpha value is -6.98. The number of benzene rings is 2. The zero-order valence-corrected chi connectivity index (χ0v) is 45.9. The molecule has 0 aliphatic carbocycles. The molecule has 1 fully saturated rings. The van der Waals surface area contributed by atoms with Gasteiger partial charge in [0.15, 0.2) is 11.6 Å². The maximum absolute atomic E-state index is 13.7. The molecular weight excluding hydrogens is 1040 g/mol. The summed E-state index contributed by atoms with van der Waals surface area (Å²) in [5, 5.41) is 0. The molecule has 0 spiro atoms. The van der Waals surface area contributed by atoms with Crippen molar-refractivity contribution in [1.82, 2.24) is 19.4 Å². The second kappa shape index (κ2) is 29.5. The van der Waals surface area contributed by atoms with Gasteiger partial charge in [-0.05, 0) is 121 Å². The summed E-state index contributed by atoms with van der Waals surface area (Å²) in [6.45, 7) is 15.4. The minimum atomic E-state index is -4.67. The van der Waals surface area contributed by atoms with Crippen molar-refractivity contribution in [1.29, 1.82) is 0 Å². The number of amides is 1. The van der Waals surface area contributed by atoms with Crippen molar-refractivity contribution in [2.45, 2.75) is 158 Å². The average molecular weight is 1120 g/mol. The second-order valence-electron chi connectivity index (χ2n) is 21.1. The predicted octanol–water partition coefficient (Wildman–Crippen LogP) is 13.9. The monoisotopic (exact) mass is 1120 g/mol. The van der Waals surface area contributed by atoms with Gasteiger partial charge in [0.2, 0.25) is 5.91 Å². The van der Waals surface area contributed by atoms with Crippen LogP contribution in [-0.2, 0) is 39.6 Å². The van der Waals surface area contributed by atoms with Gasteiger partial charge in [0, 0.05) is 85.8 Å². The molecule has 1 amide bonds. The topological polar surface area (TPSA) is 155 Å². The molecule has 5 atom stereocenters. The Morgan fingerprint density at radius 2 is 1.05 bits per heavy atom. The highest BCUT2D eigenvalue weighted by atomic mass is 19.4. The van der Waals surface area contributed by atoms with Crippen LogP contribution in [0.1, 0.15) is 151 Å². The Labute approximate surface area is 466 Å². The second-order valence-corrected chi connectivity index (χ2v) is 21.1. The van der Waals surface area contributed by atoms with E-state index in [1.807, 2.05) is 104 Å². The molecular formula is C62H78F6N4O8. The number of hydrogen-bond acceptors (Lipinski definition) is 10. The summed E-state index contributed by atoms with van der Waals surface area (Å²) in [5.41, 5.74) is 7.29. The first-order valence-corrected chi connectivity index (χ1v) is 26.0. The fourth-order valence-electron chi connectivity index (χ4n) is 10.2. The van der Waals surface area contributed by atoms with Gasteiger partial charge in [0.25, 0.3) is 5.56 Å². The van der Waals surface area contributed by atoms with Gasteiger partial charge in [0.1, 0.15) is 0 Å². The summed E-state index contributed by atoms with van der Waals surface area (Å²) in [6, 6.07) is 15.2. The normalized spacial score (nSPS) is 15.1. The van der Waals surface area contributed by atoms with Gasteiger partial charge >= 0.3 is 24.3 Å². The Morgan fingerprint density at radius 1 is 0.625 bits per heavy atom. The third kappa shape index (κ3) is 18.0. The minimum Gasteiger partial charge on any atom is -0.469 e. The number of piperidine rings is 1. The molecule has 12 nitrogen and oxygen atoms in total. The molecule has 436 valence electrons. The number of ether oxygens (including phenoxy) is 2. The van der Waals surface area contributed by atoms with Crippen molar-refractivity contribution < 1.29 is 59.8 Å². The van der Waals surface area contributed by atoms with Gasteiger partial charge < -0.3 is 18.9 Å². The third-order valence-corrected chi connectivity index (χ3v) is 14.2. The van der Waals surface area contributed by atoms with E-state index < -0.39 is 77.6 Å². The molecule has 0 N–H and O–H groups in total. The molecule has 0 radical (unpaired) electrons. The van der Waals surface area contributed by atoms with Crippen LogP contribution >= 0.6 is 0 Å². The lowest BCUT2D eigenvalue weighted by molar-refractivity contribution is -0.191. The van der Waals surface area contributed by atoms with Gasteiger partial charge in [-0.2, -0.15) is 26.3 Å². The minimum absolute atomic E-state index is 0. The van der Waals surface area contributed by atoms with Gasteiger partial charge in [-0.25, -0.2) is 0 Å². The lowest BCUT2D eigenvalue weighted by Gasteiger charge is -2.38. The standard InChI is InChI=1S/C30H37F3N2O4.C30H33F3N2O4.2CH4/c2*1-18(2)11-25(35-10-9-24(15-27(35)37)30(31,32)33)26(36)13-21(14-28(38)39-5)22-12-23(17-34-16-22)29-19(3)7-6-8-20(29)4;;/h6-8,12,16-18,21,24-25H,9-11,13-15H2,1-5H3;6-10,12,15-18,21,25H,11,13-14H2,1-5H3;2*1H4/t21-,24?,25-;21-,25-;;/m00../s1. The molecule has 3 aromatic heterocycles. The molecule has 0 saturated carbocycles. The number of alkyl halides is 6. The summed E-state index contributed by atoms with van der Waals surface area (Å²) < 4.78 is 89.9. The van der Waals surface area contributed by atoms with Crippen LogP contribution in [0.25, 0.3) is 22.3 Å². The van der Waals surface area contributed by atoms with Crippen molar-refractivity contribution in [3.63, 3.8) is 0 Å². The maximum atomic E-state index is 13.7. The van der Waals surface area contributed by atoms with Crippen LogP contribution in [0.15, 0.2) is 96.4 Å². The first-order valence-electron chi connectivity index (χ1n) is 26.0. The zero-order chi connectivity index (χ0) is 57.8. The number of likely N-dealkylation sites (tertiary alicyclic amines) is 1. The number of aryl methyl sites for hydroxylation is 4. The number of methoxy groups -OCH3 is 2. The zero-order valence-electron chi connectivity index (χ0n) is 45.9. The van der Waals surface area contributed by atoms with E-state index in [4.69, 9.17) is 9.47 Å². The number of ketones is 2. The van der Waals surface area contributed by atoms with Gasteiger partial charge in [-0.15, -0.1) is 0 Å². The fraction of sp³-hybridized carbons (Fsp3) is 0.484. The summed E-state index contributed by atoms with van der Waals surface area (Å²) in [6.07, 6.45) is -2.10. The van der Waals surface area contributed by atoms with Crippen molar-refractivity contribution >= 4 is 29.4 Å². The number of pyridine rings is 3. The van der Waals surface area contributed by atoms with Crippen molar-refractivity contribution in [3.05, 3.63) is 141 Å². The third-order valence-electron chi connectivity index (χ3n) is 14.2. The molecule has 1 saturated heterocycles. The first-order chi connectivity index (χ1) is 36.6. The van der Waals surface area contributed by atoms with Crippen LogP contribution in [0.5, 0.6) is 0 Å². The molecule has 18 heteroatoms. The molecule has 1 aliphatic rings. The van der Waals surface area contributed by atoms with Gasteiger partial charge in [0.05, 0.1) is 50.6 Å². The Bertz CT molecular complexity index is 2950. The number of carbonyl (C=O) groups is 5. The van der Waals surface area contributed by atoms with E-state index in [1.165, 1.54) is 19.1 Å². The summed E-state index contributed by atoms with van der Waals surface area (Å²) >= 11 is 0. The SMILES string of the molecule is C.C.COC(=O)C[C@H](CC(=O)[C@H](CC(C)C)N1CCC(C(F)(F)F)CC1=O)c1cncc(-c2c(C)cccc2C)c1.COC(=O)C[C@H](CC(=O)[C@H](CC(C)C)n1ccc(C(F)(F)F)cc1=O)c1cncc(-c2c(C)cccc2C)c1. The van der Waals surface area contributed by atoms with Crippen LogP contribution in [0, 0.1) is 45.4 Å². The maximum Gasteiger partial charge on any atom is 0.416 e. The number of hydrogen-bond donors (Lipinski definition) is 0. The number of esters is 2. The largest absolute Gasteiger partial charge is 0.469 e. The van der Waals surface area contributed by atoms with Crippen molar-refractivity contribution in [2.24, 2.45) is 17.8 Å². The number of halogens is 6.